The van der Waals surface area contributed by atoms with E-state index in [1.54, 1.807) is 12.4 Å². The lowest BCUT2D eigenvalue weighted by Gasteiger charge is -2.34. The third kappa shape index (κ3) is 3.00. The second-order valence-electron chi connectivity index (χ2n) is 4.50. The van der Waals surface area contributed by atoms with Crippen LogP contribution in [0.1, 0.15) is 12.8 Å². The Bertz CT molecular complexity index is 433. The van der Waals surface area contributed by atoms with Crippen molar-refractivity contribution in [1.29, 1.82) is 0 Å². The largest absolute Gasteiger partial charge is 0.383 e. The number of amides is 1. The third-order valence-electron chi connectivity index (χ3n) is 3.31. The molecule has 2 heterocycles. The van der Waals surface area contributed by atoms with E-state index in [0.717, 1.165) is 10.2 Å². The van der Waals surface area contributed by atoms with Crippen LogP contribution >= 0.6 is 15.9 Å². The van der Waals surface area contributed by atoms with Crippen LogP contribution in [0.15, 0.2) is 22.9 Å². The van der Waals surface area contributed by atoms with Gasteiger partial charge in [0, 0.05) is 30.4 Å². The molecule has 0 spiro atoms. The first-order chi connectivity index (χ1) is 8.62. The van der Waals surface area contributed by atoms with Crippen molar-refractivity contribution in [2.75, 3.05) is 25.1 Å². The Balaban J connectivity index is 2.04. The monoisotopic (exact) mass is 313 g/mol. The van der Waals surface area contributed by atoms with Crippen molar-refractivity contribution in [3.05, 3.63) is 22.9 Å². The minimum Gasteiger partial charge on any atom is -0.383 e. The summed E-state index contributed by atoms with van der Waals surface area (Å²) in [5.41, 5.74) is 5.90. The predicted molar refractivity (Wildman–Crippen MR) is 72.1 cm³/mol. The second-order valence-corrected chi connectivity index (χ2v) is 5.42. The molecule has 98 valence electrons. The fourth-order valence-electron chi connectivity index (χ4n) is 2.05. The fraction of sp³-hybridized carbons (Fsp3) is 0.500. The van der Waals surface area contributed by atoms with Crippen LogP contribution in [-0.4, -0.2) is 30.6 Å². The van der Waals surface area contributed by atoms with Crippen molar-refractivity contribution in [1.82, 2.24) is 4.98 Å². The molecule has 1 aliphatic heterocycles. The molecular formula is C12H16BrN3O2. The first kappa shape index (κ1) is 13.3. The smallest absolute Gasteiger partial charge is 0.225 e. The summed E-state index contributed by atoms with van der Waals surface area (Å²) >= 11 is 3.36. The number of hydrogen-bond donors (Lipinski definition) is 2. The summed E-state index contributed by atoms with van der Waals surface area (Å²) in [6.45, 7) is 1.69. The van der Waals surface area contributed by atoms with Gasteiger partial charge < -0.3 is 15.8 Å². The summed E-state index contributed by atoms with van der Waals surface area (Å²) in [5.74, 6) is -0.263. The van der Waals surface area contributed by atoms with E-state index in [2.05, 4.69) is 26.2 Å². The van der Waals surface area contributed by atoms with Crippen LogP contribution in [0.25, 0.3) is 0 Å². The summed E-state index contributed by atoms with van der Waals surface area (Å²) in [5, 5.41) is 3.23. The van der Waals surface area contributed by atoms with Gasteiger partial charge in [-0.05, 0) is 34.8 Å². The van der Waals surface area contributed by atoms with Gasteiger partial charge in [0.1, 0.15) is 0 Å². The molecular weight excluding hydrogens is 298 g/mol. The molecule has 2 rings (SSSR count). The molecule has 1 aromatic rings. The van der Waals surface area contributed by atoms with E-state index in [0.29, 0.717) is 32.6 Å². The van der Waals surface area contributed by atoms with E-state index in [1.165, 1.54) is 0 Å². The van der Waals surface area contributed by atoms with Gasteiger partial charge in [0.15, 0.2) is 0 Å². The minimum absolute atomic E-state index is 0.263. The highest BCUT2D eigenvalue weighted by molar-refractivity contribution is 9.10. The SMILES string of the molecule is NC(=O)C1(CNc2cncc(Br)c2)CCOCC1. The molecule has 0 aromatic carbocycles. The number of nitrogens with two attached hydrogens (primary N) is 1. The quantitative estimate of drug-likeness (QED) is 0.884. The molecule has 1 amide bonds. The summed E-state index contributed by atoms with van der Waals surface area (Å²) in [4.78, 5) is 15.7. The van der Waals surface area contributed by atoms with E-state index in [1.807, 2.05) is 6.07 Å². The topological polar surface area (TPSA) is 77.2 Å². The maximum Gasteiger partial charge on any atom is 0.225 e. The summed E-state index contributed by atoms with van der Waals surface area (Å²) in [6, 6.07) is 1.92. The van der Waals surface area contributed by atoms with Crippen molar-refractivity contribution in [2.45, 2.75) is 12.8 Å². The number of ether oxygens (including phenoxy) is 1. The van der Waals surface area contributed by atoms with Crippen LogP contribution < -0.4 is 11.1 Å². The Hall–Kier alpha value is -1.14. The molecule has 18 heavy (non-hydrogen) atoms. The molecule has 0 aliphatic carbocycles. The van der Waals surface area contributed by atoms with Gasteiger partial charge in [0.2, 0.25) is 5.91 Å². The van der Waals surface area contributed by atoms with E-state index in [4.69, 9.17) is 10.5 Å². The van der Waals surface area contributed by atoms with Crippen LogP contribution in [-0.2, 0) is 9.53 Å². The molecule has 6 heteroatoms. The number of halogens is 1. The van der Waals surface area contributed by atoms with E-state index in [-0.39, 0.29) is 5.91 Å². The first-order valence-electron chi connectivity index (χ1n) is 5.84. The number of carbonyl (C=O) groups excluding carboxylic acids is 1. The van der Waals surface area contributed by atoms with Crippen molar-refractivity contribution >= 4 is 27.5 Å². The highest BCUT2D eigenvalue weighted by Crippen LogP contribution is 2.30. The summed E-state index contributed by atoms with van der Waals surface area (Å²) in [6.07, 6.45) is 4.76. The van der Waals surface area contributed by atoms with Crippen LogP contribution in [0.3, 0.4) is 0 Å². The van der Waals surface area contributed by atoms with Gasteiger partial charge in [-0.2, -0.15) is 0 Å². The fourth-order valence-corrected chi connectivity index (χ4v) is 2.42. The Morgan fingerprint density at radius 1 is 1.50 bits per heavy atom. The van der Waals surface area contributed by atoms with Gasteiger partial charge in [0.05, 0.1) is 17.3 Å². The normalized spacial score (nSPS) is 18.3. The van der Waals surface area contributed by atoms with E-state index in [9.17, 15) is 4.79 Å². The molecule has 0 unspecified atom stereocenters. The lowest BCUT2D eigenvalue weighted by atomic mass is 9.79. The van der Waals surface area contributed by atoms with E-state index >= 15 is 0 Å². The van der Waals surface area contributed by atoms with Gasteiger partial charge in [0.25, 0.3) is 0 Å². The lowest BCUT2D eigenvalue weighted by molar-refractivity contribution is -0.132. The maximum atomic E-state index is 11.7. The minimum atomic E-state index is -0.513. The Morgan fingerprint density at radius 3 is 2.83 bits per heavy atom. The number of rotatable bonds is 4. The van der Waals surface area contributed by atoms with Crippen molar-refractivity contribution in [3.8, 4) is 0 Å². The number of nitrogens with one attached hydrogen (secondary N) is 1. The van der Waals surface area contributed by atoms with Crippen LogP contribution in [0, 0.1) is 5.41 Å². The number of anilines is 1. The average molecular weight is 314 g/mol. The molecule has 0 atom stereocenters. The number of pyridine rings is 1. The Morgan fingerprint density at radius 2 is 2.22 bits per heavy atom. The van der Waals surface area contributed by atoms with Gasteiger partial charge in [-0.1, -0.05) is 0 Å². The van der Waals surface area contributed by atoms with Gasteiger partial charge in [-0.3, -0.25) is 9.78 Å². The van der Waals surface area contributed by atoms with Crippen LogP contribution in [0.2, 0.25) is 0 Å². The van der Waals surface area contributed by atoms with Crippen molar-refractivity contribution in [3.63, 3.8) is 0 Å². The van der Waals surface area contributed by atoms with E-state index < -0.39 is 5.41 Å². The van der Waals surface area contributed by atoms with Crippen molar-refractivity contribution < 1.29 is 9.53 Å². The van der Waals surface area contributed by atoms with Gasteiger partial charge in [-0.25, -0.2) is 0 Å². The molecule has 0 radical (unpaired) electrons. The molecule has 0 bridgehead atoms. The molecule has 5 nitrogen and oxygen atoms in total. The van der Waals surface area contributed by atoms with Crippen LogP contribution in [0.5, 0.6) is 0 Å². The number of aromatic nitrogens is 1. The van der Waals surface area contributed by atoms with Crippen molar-refractivity contribution in [2.24, 2.45) is 11.1 Å². The molecule has 1 aromatic heterocycles. The lowest BCUT2D eigenvalue weighted by Crippen LogP contribution is -2.46. The Kier molecular flexibility index (Phi) is 4.19. The van der Waals surface area contributed by atoms with Gasteiger partial charge >= 0.3 is 0 Å². The maximum absolute atomic E-state index is 11.7. The number of carbonyl (C=O) groups is 1. The first-order valence-corrected chi connectivity index (χ1v) is 6.64. The molecule has 1 aliphatic rings. The zero-order valence-electron chi connectivity index (χ0n) is 9.99. The third-order valence-corrected chi connectivity index (χ3v) is 3.74. The van der Waals surface area contributed by atoms with Gasteiger partial charge in [-0.15, -0.1) is 0 Å². The molecule has 1 fully saturated rings. The highest BCUT2D eigenvalue weighted by Gasteiger charge is 2.38. The zero-order chi connectivity index (χ0) is 13.0. The summed E-state index contributed by atoms with van der Waals surface area (Å²) in [7, 11) is 0. The standard InChI is InChI=1S/C12H16BrN3O2/c13-9-5-10(7-15-6-9)16-8-12(11(14)17)1-3-18-4-2-12/h5-7,16H,1-4,8H2,(H2,14,17). The predicted octanol–water partition coefficient (Wildman–Crippen LogP) is 1.54. The molecule has 1 saturated heterocycles. The zero-order valence-corrected chi connectivity index (χ0v) is 11.6. The highest BCUT2D eigenvalue weighted by atomic mass is 79.9. The second kappa shape index (κ2) is 5.67. The Labute approximate surface area is 114 Å². The number of hydrogen-bond acceptors (Lipinski definition) is 4. The molecule has 3 N–H and O–H groups in total. The molecule has 0 saturated carbocycles. The number of nitrogens with zero attached hydrogens (tertiary/aromatic N) is 1. The average Bonchev–Trinajstić information content (AvgIpc) is 2.37. The number of primary amides is 1. The van der Waals surface area contributed by atoms with Crippen LogP contribution in [0.4, 0.5) is 5.69 Å². The summed E-state index contributed by atoms with van der Waals surface area (Å²) < 4.78 is 6.19.